The van der Waals surface area contributed by atoms with Crippen LogP contribution in [0.1, 0.15) is 18.4 Å². The zero-order valence-electron chi connectivity index (χ0n) is 10.5. The van der Waals surface area contributed by atoms with E-state index >= 15 is 0 Å². The second-order valence-electron chi connectivity index (χ2n) is 3.85. The monoisotopic (exact) mass is 238 g/mol. The lowest BCUT2D eigenvalue weighted by Gasteiger charge is -2.22. The maximum atomic E-state index is 8.95. The highest BCUT2D eigenvalue weighted by Crippen LogP contribution is 2.23. The predicted molar refractivity (Wildman–Crippen MR) is 70.6 cm³/mol. The van der Waals surface area contributed by atoms with E-state index in [1.54, 1.807) is 13.0 Å². The third-order valence-electron chi connectivity index (χ3n) is 2.60. The number of nitriles is 1. The second kappa shape index (κ2) is 5.28. The molecule has 0 saturated heterocycles. The van der Waals surface area contributed by atoms with E-state index < -0.39 is 0 Å². The Bertz CT molecular complexity index is 572. The Morgan fingerprint density at radius 1 is 1.22 bits per heavy atom. The van der Waals surface area contributed by atoms with Crippen molar-refractivity contribution in [3.8, 4) is 6.07 Å². The SMILES string of the molecule is CCN(c1ccccc1)c1cc(C#N)nc(C)n1. The summed E-state index contributed by atoms with van der Waals surface area (Å²) in [7, 11) is 0. The van der Waals surface area contributed by atoms with Crippen LogP contribution in [0.15, 0.2) is 36.4 Å². The third-order valence-corrected chi connectivity index (χ3v) is 2.60. The average Bonchev–Trinajstić information content (AvgIpc) is 2.40. The maximum Gasteiger partial charge on any atom is 0.146 e. The van der Waals surface area contributed by atoms with Crippen LogP contribution in [-0.2, 0) is 0 Å². The van der Waals surface area contributed by atoms with Gasteiger partial charge in [0.1, 0.15) is 23.4 Å². The number of aryl methyl sites for hydroxylation is 1. The van der Waals surface area contributed by atoms with Crippen LogP contribution >= 0.6 is 0 Å². The third kappa shape index (κ3) is 2.46. The van der Waals surface area contributed by atoms with Gasteiger partial charge in [-0.1, -0.05) is 18.2 Å². The number of hydrogen-bond acceptors (Lipinski definition) is 4. The summed E-state index contributed by atoms with van der Waals surface area (Å²) < 4.78 is 0. The molecule has 0 amide bonds. The van der Waals surface area contributed by atoms with Crippen molar-refractivity contribution in [1.29, 1.82) is 5.26 Å². The van der Waals surface area contributed by atoms with Gasteiger partial charge in [0, 0.05) is 18.3 Å². The first-order chi connectivity index (χ1) is 8.74. The minimum absolute atomic E-state index is 0.395. The van der Waals surface area contributed by atoms with Gasteiger partial charge in [0.15, 0.2) is 0 Å². The van der Waals surface area contributed by atoms with Gasteiger partial charge in [0.25, 0.3) is 0 Å². The van der Waals surface area contributed by atoms with Gasteiger partial charge in [-0.25, -0.2) is 9.97 Å². The molecule has 0 bridgehead atoms. The van der Waals surface area contributed by atoms with Gasteiger partial charge in [-0.05, 0) is 26.0 Å². The molecule has 90 valence electrons. The Hall–Kier alpha value is -2.41. The van der Waals surface area contributed by atoms with E-state index in [1.807, 2.05) is 30.3 Å². The summed E-state index contributed by atoms with van der Waals surface area (Å²) in [5.41, 5.74) is 1.45. The van der Waals surface area contributed by atoms with Gasteiger partial charge in [0.05, 0.1) is 0 Å². The first kappa shape index (κ1) is 12.1. The molecular formula is C14H14N4. The summed E-state index contributed by atoms with van der Waals surface area (Å²) in [6.45, 7) is 4.63. The Kier molecular flexibility index (Phi) is 3.54. The predicted octanol–water partition coefficient (Wildman–Crippen LogP) is 2.81. The van der Waals surface area contributed by atoms with E-state index in [-0.39, 0.29) is 0 Å². The molecule has 0 unspecified atom stereocenters. The number of anilines is 2. The van der Waals surface area contributed by atoms with Crippen LogP contribution in [0.2, 0.25) is 0 Å². The van der Waals surface area contributed by atoms with Crippen LogP contribution in [0.4, 0.5) is 11.5 Å². The molecule has 0 radical (unpaired) electrons. The van der Waals surface area contributed by atoms with E-state index in [9.17, 15) is 0 Å². The number of para-hydroxylation sites is 1. The number of hydrogen-bond donors (Lipinski definition) is 0. The van der Waals surface area contributed by atoms with Crippen molar-refractivity contribution < 1.29 is 0 Å². The van der Waals surface area contributed by atoms with Gasteiger partial charge in [-0.2, -0.15) is 5.26 Å². The van der Waals surface area contributed by atoms with E-state index in [4.69, 9.17) is 5.26 Å². The molecule has 0 aliphatic carbocycles. The highest BCUT2D eigenvalue weighted by atomic mass is 15.2. The molecule has 2 aromatic rings. The molecule has 0 aliphatic rings. The first-order valence-electron chi connectivity index (χ1n) is 5.83. The topological polar surface area (TPSA) is 52.8 Å². The minimum Gasteiger partial charge on any atom is -0.327 e. The molecule has 0 spiro atoms. The van der Waals surface area contributed by atoms with E-state index in [0.29, 0.717) is 11.5 Å². The lowest BCUT2D eigenvalue weighted by Crippen LogP contribution is -2.18. The molecule has 1 aromatic carbocycles. The highest BCUT2D eigenvalue weighted by molar-refractivity contribution is 5.60. The second-order valence-corrected chi connectivity index (χ2v) is 3.85. The molecule has 0 saturated carbocycles. The van der Waals surface area contributed by atoms with Gasteiger partial charge in [0.2, 0.25) is 0 Å². The van der Waals surface area contributed by atoms with Crippen molar-refractivity contribution in [3.63, 3.8) is 0 Å². The van der Waals surface area contributed by atoms with Gasteiger partial charge < -0.3 is 4.90 Å². The Balaban J connectivity index is 2.46. The lowest BCUT2D eigenvalue weighted by atomic mass is 10.2. The van der Waals surface area contributed by atoms with Crippen LogP contribution in [0, 0.1) is 18.3 Å². The Morgan fingerprint density at radius 3 is 2.56 bits per heavy atom. The molecule has 2 rings (SSSR count). The molecule has 0 fully saturated rings. The highest BCUT2D eigenvalue weighted by Gasteiger charge is 2.10. The summed E-state index contributed by atoms with van der Waals surface area (Å²) in [6, 6.07) is 13.8. The molecule has 4 nitrogen and oxygen atoms in total. The summed E-state index contributed by atoms with van der Waals surface area (Å²) in [5, 5.41) is 8.95. The number of nitrogens with zero attached hydrogens (tertiary/aromatic N) is 4. The van der Waals surface area contributed by atoms with E-state index in [1.165, 1.54) is 0 Å². The van der Waals surface area contributed by atoms with Crippen molar-refractivity contribution in [2.75, 3.05) is 11.4 Å². The van der Waals surface area contributed by atoms with Crippen LogP contribution in [0.3, 0.4) is 0 Å². The molecule has 1 aromatic heterocycles. The fourth-order valence-electron chi connectivity index (χ4n) is 1.83. The fourth-order valence-corrected chi connectivity index (χ4v) is 1.83. The van der Waals surface area contributed by atoms with E-state index in [2.05, 4.69) is 27.9 Å². The largest absolute Gasteiger partial charge is 0.327 e. The molecule has 0 N–H and O–H groups in total. The van der Waals surface area contributed by atoms with Gasteiger partial charge in [-0.15, -0.1) is 0 Å². The number of benzene rings is 1. The lowest BCUT2D eigenvalue weighted by molar-refractivity contribution is 0.945. The molecule has 0 aliphatic heterocycles. The average molecular weight is 238 g/mol. The van der Waals surface area contributed by atoms with Crippen molar-refractivity contribution in [2.45, 2.75) is 13.8 Å². The molecule has 0 atom stereocenters. The standard InChI is InChI=1S/C14H14N4/c1-3-18(13-7-5-4-6-8-13)14-9-12(10-15)16-11(2)17-14/h4-9H,3H2,1-2H3. The molecule has 18 heavy (non-hydrogen) atoms. The smallest absolute Gasteiger partial charge is 0.146 e. The van der Waals surface area contributed by atoms with Crippen molar-refractivity contribution in [1.82, 2.24) is 9.97 Å². The molecule has 4 heteroatoms. The zero-order chi connectivity index (χ0) is 13.0. The minimum atomic E-state index is 0.395. The van der Waals surface area contributed by atoms with Crippen LogP contribution in [0.25, 0.3) is 0 Å². The normalized spacial score (nSPS) is 9.83. The van der Waals surface area contributed by atoms with E-state index in [0.717, 1.165) is 18.1 Å². The van der Waals surface area contributed by atoms with Gasteiger partial charge >= 0.3 is 0 Å². The van der Waals surface area contributed by atoms with Crippen LogP contribution in [-0.4, -0.2) is 16.5 Å². The van der Waals surface area contributed by atoms with Crippen molar-refractivity contribution in [2.24, 2.45) is 0 Å². The summed E-state index contributed by atoms with van der Waals surface area (Å²) in [6.07, 6.45) is 0. The summed E-state index contributed by atoms with van der Waals surface area (Å²) in [5.74, 6) is 1.37. The van der Waals surface area contributed by atoms with Crippen LogP contribution in [0.5, 0.6) is 0 Å². The number of rotatable bonds is 3. The summed E-state index contributed by atoms with van der Waals surface area (Å²) >= 11 is 0. The fraction of sp³-hybridized carbons (Fsp3) is 0.214. The Morgan fingerprint density at radius 2 is 1.94 bits per heavy atom. The molecular weight excluding hydrogens is 224 g/mol. The quantitative estimate of drug-likeness (QED) is 0.825. The van der Waals surface area contributed by atoms with Gasteiger partial charge in [-0.3, -0.25) is 0 Å². The van der Waals surface area contributed by atoms with Crippen molar-refractivity contribution >= 4 is 11.5 Å². The Labute approximate surface area is 107 Å². The zero-order valence-corrected chi connectivity index (χ0v) is 10.5. The number of aromatic nitrogens is 2. The molecule has 1 heterocycles. The maximum absolute atomic E-state index is 8.95. The van der Waals surface area contributed by atoms with Crippen molar-refractivity contribution in [3.05, 3.63) is 47.9 Å². The van der Waals surface area contributed by atoms with Crippen LogP contribution < -0.4 is 4.90 Å². The first-order valence-corrected chi connectivity index (χ1v) is 5.83. The summed E-state index contributed by atoms with van der Waals surface area (Å²) in [4.78, 5) is 10.5.